The van der Waals surface area contributed by atoms with E-state index in [4.69, 9.17) is 4.74 Å². The van der Waals surface area contributed by atoms with E-state index in [0.717, 1.165) is 18.4 Å². The summed E-state index contributed by atoms with van der Waals surface area (Å²) < 4.78 is 6.04. The van der Waals surface area contributed by atoms with Crippen molar-refractivity contribution in [1.82, 2.24) is 0 Å². The summed E-state index contributed by atoms with van der Waals surface area (Å²) >= 11 is 0. The minimum Gasteiger partial charge on any atom is -0.396 e. The Labute approximate surface area is 170 Å². The maximum atomic E-state index is 10.3. The lowest BCUT2D eigenvalue weighted by Crippen LogP contribution is -2.39. The molecule has 1 heterocycles. The highest BCUT2D eigenvalue weighted by Crippen LogP contribution is 2.57. The number of epoxide rings is 1. The lowest BCUT2D eigenvalue weighted by molar-refractivity contribution is 0.103. The van der Waals surface area contributed by atoms with Crippen molar-refractivity contribution >= 4 is 0 Å². The summed E-state index contributed by atoms with van der Waals surface area (Å²) in [6, 6.07) is 0. The molecule has 2 aliphatic carbocycles. The van der Waals surface area contributed by atoms with Gasteiger partial charge in [-0.2, -0.15) is 0 Å². The minimum absolute atomic E-state index is 0.00481. The van der Waals surface area contributed by atoms with Gasteiger partial charge in [0.25, 0.3) is 0 Å². The Bertz CT molecular complexity index is 701. The molecule has 0 aromatic carbocycles. The molecule has 156 valence electrons. The van der Waals surface area contributed by atoms with Crippen molar-refractivity contribution in [1.29, 1.82) is 0 Å². The van der Waals surface area contributed by atoms with Crippen LogP contribution in [0.2, 0.25) is 0 Å². The zero-order valence-corrected chi connectivity index (χ0v) is 18.4. The highest BCUT2D eigenvalue weighted by molar-refractivity contribution is 5.30. The van der Waals surface area contributed by atoms with Gasteiger partial charge in [0, 0.05) is 18.4 Å². The van der Waals surface area contributed by atoms with E-state index in [2.05, 4.69) is 52.0 Å². The Morgan fingerprint density at radius 3 is 2.75 bits per heavy atom. The average Bonchev–Trinajstić information content (AvgIpc) is 3.33. The standard InChI is InChI=1S/C25H38O3/c1-7-15(2)23-17(4)11-19-13-25(6)22(28-25)12-21(19)20(23)10-8-9-16(3)24(27)18(5)14-26/h7-11,18-24,26-27H,12-14H2,1-6H3. The second-order valence-electron chi connectivity index (χ2n) is 9.59. The molecular formula is C25H38O3. The summed E-state index contributed by atoms with van der Waals surface area (Å²) in [5, 5.41) is 19.6. The second kappa shape index (κ2) is 8.30. The van der Waals surface area contributed by atoms with Crippen LogP contribution in [-0.4, -0.2) is 34.6 Å². The molecule has 8 atom stereocenters. The summed E-state index contributed by atoms with van der Waals surface area (Å²) in [6.45, 7) is 12.7. The van der Waals surface area contributed by atoms with Gasteiger partial charge in [0.05, 0.1) is 17.8 Å². The van der Waals surface area contributed by atoms with E-state index < -0.39 is 6.10 Å². The maximum Gasteiger partial charge on any atom is 0.0926 e. The minimum atomic E-state index is -0.598. The predicted molar refractivity (Wildman–Crippen MR) is 115 cm³/mol. The molecule has 3 aliphatic rings. The largest absolute Gasteiger partial charge is 0.396 e. The monoisotopic (exact) mass is 386 g/mol. The van der Waals surface area contributed by atoms with E-state index in [0.29, 0.717) is 29.8 Å². The van der Waals surface area contributed by atoms with Crippen molar-refractivity contribution in [2.75, 3.05) is 6.61 Å². The molecule has 3 rings (SSSR count). The molecule has 2 N–H and O–H groups in total. The molecule has 8 unspecified atom stereocenters. The predicted octanol–water partition coefficient (Wildman–Crippen LogP) is 4.82. The Hall–Kier alpha value is -1.16. The second-order valence-corrected chi connectivity index (χ2v) is 9.59. The van der Waals surface area contributed by atoms with E-state index in [-0.39, 0.29) is 18.1 Å². The normalized spacial score (nSPS) is 40.6. The van der Waals surface area contributed by atoms with Crippen molar-refractivity contribution in [3.63, 3.8) is 0 Å². The van der Waals surface area contributed by atoms with Gasteiger partial charge in [-0.15, -0.1) is 0 Å². The van der Waals surface area contributed by atoms with Crippen LogP contribution in [0.1, 0.15) is 54.4 Å². The first-order chi connectivity index (χ1) is 13.2. The van der Waals surface area contributed by atoms with Crippen LogP contribution in [0.3, 0.4) is 0 Å². The van der Waals surface area contributed by atoms with Crippen LogP contribution in [0.15, 0.2) is 47.1 Å². The number of hydrogen-bond acceptors (Lipinski definition) is 3. The van der Waals surface area contributed by atoms with E-state index in [9.17, 15) is 10.2 Å². The number of ether oxygens (including phenoxy) is 1. The molecule has 1 aliphatic heterocycles. The van der Waals surface area contributed by atoms with E-state index in [1.165, 1.54) is 11.1 Å². The van der Waals surface area contributed by atoms with Gasteiger partial charge in [-0.05, 0) is 70.8 Å². The van der Waals surface area contributed by atoms with Crippen molar-refractivity contribution in [2.24, 2.45) is 29.6 Å². The molecule has 1 saturated carbocycles. The fourth-order valence-corrected chi connectivity index (χ4v) is 5.51. The number of aliphatic hydroxyl groups is 2. The molecule has 1 saturated heterocycles. The fraction of sp³-hybridized carbons (Fsp3) is 0.680. The van der Waals surface area contributed by atoms with Crippen molar-refractivity contribution in [3.05, 3.63) is 47.1 Å². The Morgan fingerprint density at radius 2 is 2.11 bits per heavy atom. The summed E-state index contributed by atoms with van der Waals surface area (Å²) in [6.07, 6.45) is 13.4. The van der Waals surface area contributed by atoms with Crippen LogP contribution >= 0.6 is 0 Å². The van der Waals surface area contributed by atoms with Crippen LogP contribution < -0.4 is 0 Å². The first-order valence-electron chi connectivity index (χ1n) is 10.8. The molecule has 2 fully saturated rings. The van der Waals surface area contributed by atoms with E-state index in [1.54, 1.807) is 0 Å². The zero-order chi connectivity index (χ0) is 20.6. The summed E-state index contributed by atoms with van der Waals surface area (Å²) in [4.78, 5) is 0. The van der Waals surface area contributed by atoms with Gasteiger partial charge in [-0.1, -0.05) is 48.5 Å². The van der Waals surface area contributed by atoms with E-state index >= 15 is 0 Å². The van der Waals surface area contributed by atoms with Gasteiger partial charge in [0.2, 0.25) is 0 Å². The van der Waals surface area contributed by atoms with Gasteiger partial charge in [-0.3, -0.25) is 0 Å². The van der Waals surface area contributed by atoms with Gasteiger partial charge < -0.3 is 14.9 Å². The van der Waals surface area contributed by atoms with Crippen LogP contribution in [0.5, 0.6) is 0 Å². The molecule has 28 heavy (non-hydrogen) atoms. The van der Waals surface area contributed by atoms with E-state index in [1.807, 2.05) is 19.9 Å². The Kier molecular flexibility index (Phi) is 6.38. The molecule has 0 spiro atoms. The van der Waals surface area contributed by atoms with Crippen molar-refractivity contribution in [3.8, 4) is 0 Å². The third kappa shape index (κ3) is 4.08. The smallest absolute Gasteiger partial charge is 0.0926 e. The van der Waals surface area contributed by atoms with Gasteiger partial charge >= 0.3 is 0 Å². The molecular weight excluding hydrogens is 348 g/mol. The molecule has 3 nitrogen and oxygen atoms in total. The third-order valence-corrected chi connectivity index (χ3v) is 7.49. The quantitative estimate of drug-likeness (QED) is 0.391. The summed E-state index contributed by atoms with van der Waals surface area (Å²) in [5.41, 5.74) is 3.92. The Morgan fingerprint density at radius 1 is 1.39 bits per heavy atom. The van der Waals surface area contributed by atoms with Gasteiger partial charge in [0.15, 0.2) is 0 Å². The SMILES string of the molecule is CC=C(C)C1C(C)=CC2CC3(C)OC3CC2C1C=CC=C(C)C(O)C(C)CO. The zero-order valence-electron chi connectivity index (χ0n) is 18.4. The van der Waals surface area contributed by atoms with Crippen LogP contribution in [0.25, 0.3) is 0 Å². The fourth-order valence-electron chi connectivity index (χ4n) is 5.51. The topological polar surface area (TPSA) is 53.0 Å². The molecule has 0 aromatic rings. The molecule has 0 amide bonds. The van der Waals surface area contributed by atoms with Crippen LogP contribution in [-0.2, 0) is 4.74 Å². The lowest BCUT2D eigenvalue weighted by atomic mass is 9.59. The lowest BCUT2D eigenvalue weighted by Gasteiger charge is -2.44. The van der Waals surface area contributed by atoms with Crippen molar-refractivity contribution in [2.45, 2.75) is 72.2 Å². The average molecular weight is 387 g/mol. The Balaban J connectivity index is 1.85. The van der Waals surface area contributed by atoms with Crippen LogP contribution in [0.4, 0.5) is 0 Å². The first-order valence-corrected chi connectivity index (χ1v) is 10.8. The molecule has 0 bridgehead atoms. The molecule has 3 heteroatoms. The van der Waals surface area contributed by atoms with Crippen molar-refractivity contribution < 1.29 is 14.9 Å². The first kappa shape index (κ1) is 21.5. The number of aliphatic hydroxyl groups excluding tert-OH is 2. The highest BCUT2D eigenvalue weighted by Gasteiger charge is 2.59. The summed E-state index contributed by atoms with van der Waals surface area (Å²) in [5.74, 6) is 1.95. The van der Waals surface area contributed by atoms with Crippen LogP contribution in [0, 0.1) is 29.6 Å². The number of rotatable bonds is 6. The summed E-state index contributed by atoms with van der Waals surface area (Å²) in [7, 11) is 0. The number of allylic oxidation sites excluding steroid dienone is 7. The maximum absolute atomic E-state index is 10.3. The number of fused-ring (bicyclic) bond motifs is 2. The number of hydrogen-bond donors (Lipinski definition) is 2. The van der Waals surface area contributed by atoms with Gasteiger partial charge in [-0.25, -0.2) is 0 Å². The molecule has 0 radical (unpaired) electrons. The highest BCUT2D eigenvalue weighted by atomic mass is 16.6. The van der Waals surface area contributed by atoms with Gasteiger partial charge in [0.1, 0.15) is 0 Å². The molecule has 0 aromatic heterocycles. The third-order valence-electron chi connectivity index (χ3n) is 7.49.